The van der Waals surface area contributed by atoms with Crippen LogP contribution in [0.4, 0.5) is 0 Å². The molecule has 1 aliphatic carbocycles. The predicted molar refractivity (Wildman–Crippen MR) is 86.5 cm³/mol. The highest BCUT2D eigenvalue weighted by Crippen LogP contribution is 2.36. The molecular formula is C18H26N2O2. The molecule has 3 N–H and O–H groups in total. The highest BCUT2D eigenvalue weighted by atomic mass is 16.5. The van der Waals surface area contributed by atoms with Crippen molar-refractivity contribution in [1.82, 2.24) is 5.32 Å². The number of hydrogen-bond donors (Lipinski definition) is 2. The quantitative estimate of drug-likeness (QED) is 0.878. The van der Waals surface area contributed by atoms with Gasteiger partial charge in [0.15, 0.2) is 0 Å². The Labute approximate surface area is 132 Å². The number of benzene rings is 1. The number of rotatable bonds is 5. The minimum atomic E-state index is 0.0250. The summed E-state index contributed by atoms with van der Waals surface area (Å²) in [5.74, 6) is 1.74. The SMILES string of the molecule is CCC(C)C(N)c1ccc2c(c1)C(NC(=O)C1CC1)CCO2. The summed E-state index contributed by atoms with van der Waals surface area (Å²) in [4.78, 5) is 12.1. The molecule has 1 aliphatic heterocycles. The van der Waals surface area contributed by atoms with Gasteiger partial charge in [-0.2, -0.15) is 0 Å². The standard InChI is InChI=1S/C18H26N2O2/c1-3-11(2)17(19)13-6-7-16-14(10-13)15(8-9-22-16)20-18(21)12-4-5-12/h6-7,10-12,15,17H,3-5,8-9,19H2,1-2H3,(H,20,21). The lowest BCUT2D eigenvalue weighted by atomic mass is 9.90. The van der Waals surface area contributed by atoms with Crippen LogP contribution < -0.4 is 15.8 Å². The Morgan fingerprint density at radius 1 is 1.41 bits per heavy atom. The third-order valence-corrected chi connectivity index (χ3v) is 4.98. The normalized spacial score (nSPS) is 23.1. The fraction of sp³-hybridized carbons (Fsp3) is 0.611. The van der Waals surface area contributed by atoms with E-state index in [0.717, 1.165) is 42.6 Å². The average Bonchev–Trinajstić information content (AvgIpc) is 3.38. The highest BCUT2D eigenvalue weighted by Gasteiger charge is 2.33. The second kappa shape index (κ2) is 6.29. The zero-order valence-corrected chi connectivity index (χ0v) is 13.5. The van der Waals surface area contributed by atoms with E-state index in [1.807, 2.05) is 6.07 Å². The Morgan fingerprint density at radius 3 is 2.86 bits per heavy atom. The third-order valence-electron chi connectivity index (χ3n) is 4.98. The Bertz CT molecular complexity index is 554. The number of fused-ring (bicyclic) bond motifs is 1. The lowest BCUT2D eigenvalue weighted by molar-refractivity contribution is -0.123. The van der Waals surface area contributed by atoms with Crippen molar-refractivity contribution < 1.29 is 9.53 Å². The van der Waals surface area contributed by atoms with E-state index < -0.39 is 0 Å². The summed E-state index contributed by atoms with van der Waals surface area (Å²) in [6.45, 7) is 4.98. The van der Waals surface area contributed by atoms with Crippen molar-refractivity contribution in [3.63, 3.8) is 0 Å². The van der Waals surface area contributed by atoms with Gasteiger partial charge in [-0.15, -0.1) is 0 Å². The number of amides is 1. The largest absolute Gasteiger partial charge is 0.493 e. The smallest absolute Gasteiger partial charge is 0.223 e. The molecule has 0 saturated heterocycles. The number of nitrogens with one attached hydrogen (secondary N) is 1. The first kappa shape index (κ1) is 15.3. The fourth-order valence-corrected chi connectivity index (χ4v) is 2.99. The molecule has 3 rings (SSSR count). The van der Waals surface area contributed by atoms with E-state index in [9.17, 15) is 4.79 Å². The number of nitrogens with two attached hydrogens (primary N) is 1. The monoisotopic (exact) mass is 302 g/mol. The van der Waals surface area contributed by atoms with Gasteiger partial charge in [0, 0.05) is 23.9 Å². The van der Waals surface area contributed by atoms with E-state index in [1.165, 1.54) is 0 Å². The Hall–Kier alpha value is -1.55. The van der Waals surface area contributed by atoms with Gasteiger partial charge >= 0.3 is 0 Å². The van der Waals surface area contributed by atoms with E-state index in [4.69, 9.17) is 10.5 Å². The van der Waals surface area contributed by atoms with E-state index >= 15 is 0 Å². The van der Waals surface area contributed by atoms with E-state index in [-0.39, 0.29) is 23.9 Å². The summed E-state index contributed by atoms with van der Waals surface area (Å²) in [6.07, 6.45) is 3.94. The first-order valence-corrected chi connectivity index (χ1v) is 8.42. The summed E-state index contributed by atoms with van der Waals surface area (Å²) in [6, 6.07) is 6.27. The van der Waals surface area contributed by atoms with Gasteiger partial charge in [0.05, 0.1) is 12.6 Å². The number of carbonyl (C=O) groups is 1. The van der Waals surface area contributed by atoms with Crippen molar-refractivity contribution in [1.29, 1.82) is 0 Å². The van der Waals surface area contributed by atoms with Gasteiger partial charge in [0.1, 0.15) is 5.75 Å². The summed E-state index contributed by atoms with van der Waals surface area (Å²) in [5, 5.41) is 3.19. The number of carbonyl (C=O) groups excluding carboxylic acids is 1. The van der Waals surface area contributed by atoms with Crippen molar-refractivity contribution >= 4 is 5.91 Å². The molecule has 1 amide bonds. The molecule has 1 saturated carbocycles. The third kappa shape index (κ3) is 3.12. The first-order valence-electron chi connectivity index (χ1n) is 8.42. The van der Waals surface area contributed by atoms with Gasteiger partial charge in [-0.1, -0.05) is 26.3 Å². The van der Waals surface area contributed by atoms with Gasteiger partial charge in [-0.3, -0.25) is 4.79 Å². The molecule has 22 heavy (non-hydrogen) atoms. The number of ether oxygens (including phenoxy) is 1. The highest BCUT2D eigenvalue weighted by molar-refractivity contribution is 5.81. The molecule has 0 radical (unpaired) electrons. The second-order valence-corrected chi connectivity index (χ2v) is 6.68. The van der Waals surface area contributed by atoms with Crippen molar-refractivity contribution in [2.24, 2.45) is 17.6 Å². The molecule has 0 bridgehead atoms. The molecule has 1 fully saturated rings. The van der Waals surface area contributed by atoms with Crippen LogP contribution in [0.3, 0.4) is 0 Å². The molecule has 1 aromatic carbocycles. The van der Waals surface area contributed by atoms with Crippen molar-refractivity contribution in [3.05, 3.63) is 29.3 Å². The van der Waals surface area contributed by atoms with Gasteiger partial charge in [-0.05, 0) is 36.5 Å². The molecule has 0 aromatic heterocycles. The van der Waals surface area contributed by atoms with Crippen LogP contribution in [-0.4, -0.2) is 12.5 Å². The van der Waals surface area contributed by atoms with Gasteiger partial charge in [0.25, 0.3) is 0 Å². The Balaban J connectivity index is 1.82. The van der Waals surface area contributed by atoms with E-state index in [1.54, 1.807) is 0 Å². The zero-order valence-electron chi connectivity index (χ0n) is 13.5. The molecule has 1 aromatic rings. The van der Waals surface area contributed by atoms with Crippen LogP contribution in [-0.2, 0) is 4.79 Å². The van der Waals surface area contributed by atoms with Crippen molar-refractivity contribution in [3.8, 4) is 5.75 Å². The second-order valence-electron chi connectivity index (χ2n) is 6.68. The summed E-state index contributed by atoms with van der Waals surface area (Å²) in [5.41, 5.74) is 8.57. The van der Waals surface area contributed by atoms with Crippen LogP contribution in [0.5, 0.6) is 5.75 Å². The molecule has 4 heteroatoms. The summed E-state index contributed by atoms with van der Waals surface area (Å²) < 4.78 is 5.74. The molecule has 1 heterocycles. The van der Waals surface area contributed by atoms with Crippen molar-refractivity contribution in [2.75, 3.05) is 6.61 Å². The molecule has 4 nitrogen and oxygen atoms in total. The Kier molecular flexibility index (Phi) is 4.39. The van der Waals surface area contributed by atoms with Crippen LogP contribution in [0.2, 0.25) is 0 Å². The number of hydrogen-bond acceptors (Lipinski definition) is 3. The molecule has 120 valence electrons. The van der Waals surface area contributed by atoms with Crippen LogP contribution in [0, 0.1) is 11.8 Å². The lowest BCUT2D eigenvalue weighted by Gasteiger charge is -2.28. The maximum atomic E-state index is 12.1. The molecular weight excluding hydrogens is 276 g/mol. The molecule has 0 spiro atoms. The maximum absolute atomic E-state index is 12.1. The van der Waals surface area contributed by atoms with Crippen LogP contribution >= 0.6 is 0 Å². The first-order chi connectivity index (χ1) is 10.6. The Morgan fingerprint density at radius 2 is 2.18 bits per heavy atom. The summed E-state index contributed by atoms with van der Waals surface area (Å²) >= 11 is 0. The predicted octanol–water partition coefficient (Wildman–Crippen LogP) is 3.08. The van der Waals surface area contributed by atoms with Gasteiger partial charge in [-0.25, -0.2) is 0 Å². The summed E-state index contributed by atoms with van der Waals surface area (Å²) in [7, 11) is 0. The minimum absolute atomic E-state index is 0.0250. The lowest BCUT2D eigenvalue weighted by Crippen LogP contribution is -2.33. The van der Waals surface area contributed by atoms with Crippen molar-refractivity contribution in [2.45, 2.75) is 51.6 Å². The minimum Gasteiger partial charge on any atom is -0.493 e. The molecule has 2 aliphatic rings. The van der Waals surface area contributed by atoms with Crippen LogP contribution in [0.15, 0.2) is 18.2 Å². The molecule has 3 atom stereocenters. The zero-order chi connectivity index (χ0) is 15.7. The topological polar surface area (TPSA) is 64.3 Å². The maximum Gasteiger partial charge on any atom is 0.223 e. The van der Waals surface area contributed by atoms with Gasteiger partial charge in [0.2, 0.25) is 5.91 Å². The van der Waals surface area contributed by atoms with Gasteiger partial charge < -0.3 is 15.8 Å². The molecule has 3 unspecified atom stereocenters. The van der Waals surface area contributed by atoms with E-state index in [0.29, 0.717) is 12.5 Å². The fourth-order valence-electron chi connectivity index (χ4n) is 2.99. The average molecular weight is 302 g/mol. The van der Waals surface area contributed by atoms with Crippen LogP contribution in [0.25, 0.3) is 0 Å². The van der Waals surface area contributed by atoms with Crippen LogP contribution in [0.1, 0.15) is 62.7 Å². The van der Waals surface area contributed by atoms with E-state index in [2.05, 4.69) is 31.3 Å².